The van der Waals surface area contributed by atoms with Crippen LogP contribution in [0.4, 0.5) is 0 Å². The molecular formula is C9H16O5. The highest BCUT2D eigenvalue weighted by atomic mass is 16.5. The van der Waals surface area contributed by atoms with E-state index in [1.54, 1.807) is 0 Å². The molecule has 14 heavy (non-hydrogen) atoms. The largest absolute Gasteiger partial charge is 0.481 e. The second-order valence-electron chi connectivity index (χ2n) is 2.64. The van der Waals surface area contributed by atoms with Crippen LogP contribution in [0.2, 0.25) is 0 Å². The summed E-state index contributed by atoms with van der Waals surface area (Å²) >= 11 is 0. The Bertz CT molecular complexity index is 223. The van der Waals surface area contributed by atoms with Gasteiger partial charge in [-0.2, -0.15) is 0 Å². The average Bonchev–Trinajstić information content (AvgIpc) is 2.16. The van der Waals surface area contributed by atoms with E-state index < -0.39 is 24.3 Å². The zero-order chi connectivity index (χ0) is 11.3. The number of carboxylic acid groups (broad SMARTS) is 1. The van der Waals surface area contributed by atoms with Crippen LogP contribution >= 0.6 is 0 Å². The predicted octanol–water partition coefficient (Wildman–Crippen LogP) is 0.122. The molecule has 0 radical (unpaired) electrons. The van der Waals surface area contributed by atoms with Gasteiger partial charge >= 0.3 is 5.97 Å². The molecule has 0 aromatic rings. The SMILES string of the molecule is CC.CC1OC(C(=O)O)=CC(O)C1O. The summed E-state index contributed by atoms with van der Waals surface area (Å²) in [6.45, 7) is 5.49. The van der Waals surface area contributed by atoms with Crippen molar-refractivity contribution in [3.8, 4) is 0 Å². The second kappa shape index (κ2) is 5.62. The van der Waals surface area contributed by atoms with Gasteiger partial charge in [-0.1, -0.05) is 13.8 Å². The van der Waals surface area contributed by atoms with Gasteiger partial charge in [-0.15, -0.1) is 0 Å². The fourth-order valence-electron chi connectivity index (χ4n) is 0.962. The third-order valence-corrected chi connectivity index (χ3v) is 1.68. The first-order chi connectivity index (χ1) is 6.52. The summed E-state index contributed by atoms with van der Waals surface area (Å²) in [5.41, 5.74) is 0. The van der Waals surface area contributed by atoms with E-state index in [0.29, 0.717) is 0 Å². The van der Waals surface area contributed by atoms with Crippen molar-refractivity contribution in [1.29, 1.82) is 0 Å². The lowest BCUT2D eigenvalue weighted by atomic mass is 10.1. The highest BCUT2D eigenvalue weighted by Crippen LogP contribution is 2.17. The lowest BCUT2D eigenvalue weighted by molar-refractivity contribution is -0.142. The molecule has 82 valence electrons. The van der Waals surface area contributed by atoms with Crippen LogP contribution in [0.5, 0.6) is 0 Å². The van der Waals surface area contributed by atoms with Crippen molar-refractivity contribution in [2.45, 2.75) is 39.1 Å². The van der Waals surface area contributed by atoms with E-state index in [1.807, 2.05) is 13.8 Å². The summed E-state index contributed by atoms with van der Waals surface area (Å²) in [7, 11) is 0. The molecule has 0 amide bonds. The van der Waals surface area contributed by atoms with Gasteiger partial charge in [-0.05, 0) is 13.0 Å². The molecule has 0 fully saturated rings. The Morgan fingerprint density at radius 3 is 2.29 bits per heavy atom. The average molecular weight is 204 g/mol. The number of aliphatic hydroxyl groups excluding tert-OH is 2. The highest BCUT2D eigenvalue weighted by Gasteiger charge is 2.31. The summed E-state index contributed by atoms with van der Waals surface area (Å²) in [6, 6.07) is 0. The number of ether oxygens (including phenoxy) is 1. The topological polar surface area (TPSA) is 87.0 Å². The summed E-state index contributed by atoms with van der Waals surface area (Å²) < 4.78 is 4.78. The van der Waals surface area contributed by atoms with Gasteiger partial charge in [0.05, 0.1) is 0 Å². The normalized spacial score (nSPS) is 30.6. The molecule has 5 heteroatoms. The maximum atomic E-state index is 10.4. The summed E-state index contributed by atoms with van der Waals surface area (Å²) in [5.74, 6) is -1.56. The Balaban J connectivity index is 0.000000791. The van der Waals surface area contributed by atoms with Crippen LogP contribution in [0.15, 0.2) is 11.8 Å². The molecule has 5 nitrogen and oxygen atoms in total. The number of hydrogen-bond acceptors (Lipinski definition) is 4. The number of rotatable bonds is 1. The van der Waals surface area contributed by atoms with Crippen molar-refractivity contribution in [1.82, 2.24) is 0 Å². The minimum atomic E-state index is -1.24. The third kappa shape index (κ3) is 3.01. The maximum Gasteiger partial charge on any atom is 0.370 e. The molecular weight excluding hydrogens is 188 g/mol. The fraction of sp³-hybridized carbons (Fsp3) is 0.667. The van der Waals surface area contributed by atoms with Crippen LogP contribution in [0.1, 0.15) is 20.8 Å². The Kier molecular flexibility index (Phi) is 5.19. The third-order valence-electron chi connectivity index (χ3n) is 1.68. The number of carboxylic acids is 1. The lowest BCUT2D eigenvalue weighted by Crippen LogP contribution is -2.40. The van der Waals surface area contributed by atoms with E-state index in [4.69, 9.17) is 20.1 Å². The molecule has 1 aliphatic heterocycles. The van der Waals surface area contributed by atoms with Gasteiger partial charge in [0.25, 0.3) is 0 Å². The van der Waals surface area contributed by atoms with Crippen molar-refractivity contribution in [3.05, 3.63) is 11.8 Å². The van der Waals surface area contributed by atoms with Crippen molar-refractivity contribution in [2.24, 2.45) is 0 Å². The molecule has 0 bridgehead atoms. The standard InChI is InChI=1S/C7H10O5.C2H6/c1-3-6(9)4(8)2-5(12-3)7(10)11;1-2/h2-4,6,8-9H,1H3,(H,10,11);1-2H3. The van der Waals surface area contributed by atoms with Crippen molar-refractivity contribution >= 4 is 5.97 Å². The van der Waals surface area contributed by atoms with Crippen LogP contribution < -0.4 is 0 Å². The van der Waals surface area contributed by atoms with Crippen LogP contribution in [0.25, 0.3) is 0 Å². The Labute approximate surface area is 82.6 Å². The number of carbonyl (C=O) groups is 1. The van der Waals surface area contributed by atoms with Gasteiger partial charge in [0.2, 0.25) is 5.76 Å². The van der Waals surface area contributed by atoms with Gasteiger partial charge in [0, 0.05) is 0 Å². The first-order valence-electron chi connectivity index (χ1n) is 4.50. The minimum Gasteiger partial charge on any atom is -0.481 e. The second-order valence-corrected chi connectivity index (χ2v) is 2.64. The molecule has 1 aliphatic rings. The molecule has 0 aliphatic carbocycles. The van der Waals surface area contributed by atoms with Gasteiger partial charge < -0.3 is 20.1 Å². The smallest absolute Gasteiger partial charge is 0.370 e. The monoisotopic (exact) mass is 204 g/mol. The molecule has 3 unspecified atom stereocenters. The van der Waals surface area contributed by atoms with Crippen LogP contribution in [-0.4, -0.2) is 39.6 Å². The number of aliphatic carboxylic acids is 1. The summed E-state index contributed by atoms with van der Waals surface area (Å²) in [4.78, 5) is 10.4. The number of aliphatic hydroxyl groups is 2. The Hall–Kier alpha value is -1.07. The molecule has 0 spiro atoms. The van der Waals surface area contributed by atoms with Gasteiger partial charge in [0.15, 0.2) is 0 Å². The van der Waals surface area contributed by atoms with Gasteiger partial charge in [-0.3, -0.25) is 0 Å². The molecule has 1 rings (SSSR count). The Morgan fingerprint density at radius 1 is 1.43 bits per heavy atom. The quantitative estimate of drug-likeness (QED) is 0.564. The molecule has 3 atom stereocenters. The van der Waals surface area contributed by atoms with Crippen molar-refractivity contribution < 1.29 is 24.9 Å². The molecule has 0 saturated heterocycles. The lowest BCUT2D eigenvalue weighted by Gasteiger charge is -2.27. The molecule has 1 heterocycles. The van der Waals surface area contributed by atoms with Crippen molar-refractivity contribution in [2.75, 3.05) is 0 Å². The highest BCUT2D eigenvalue weighted by molar-refractivity contribution is 5.84. The first-order valence-corrected chi connectivity index (χ1v) is 4.50. The van der Waals surface area contributed by atoms with E-state index >= 15 is 0 Å². The minimum absolute atomic E-state index is 0.319. The van der Waals surface area contributed by atoms with Crippen LogP contribution in [0.3, 0.4) is 0 Å². The number of hydrogen-bond donors (Lipinski definition) is 3. The summed E-state index contributed by atoms with van der Waals surface area (Å²) in [5, 5.41) is 26.7. The van der Waals surface area contributed by atoms with Gasteiger partial charge in [-0.25, -0.2) is 4.79 Å². The molecule has 0 aromatic heterocycles. The van der Waals surface area contributed by atoms with Crippen LogP contribution in [-0.2, 0) is 9.53 Å². The molecule has 3 N–H and O–H groups in total. The van der Waals surface area contributed by atoms with Crippen LogP contribution in [0, 0.1) is 0 Å². The zero-order valence-corrected chi connectivity index (χ0v) is 8.47. The fourth-order valence-corrected chi connectivity index (χ4v) is 0.962. The Morgan fingerprint density at radius 2 is 1.93 bits per heavy atom. The van der Waals surface area contributed by atoms with Crippen molar-refractivity contribution in [3.63, 3.8) is 0 Å². The van der Waals surface area contributed by atoms with E-state index in [0.717, 1.165) is 6.08 Å². The molecule has 0 aromatic carbocycles. The van der Waals surface area contributed by atoms with E-state index in [1.165, 1.54) is 6.92 Å². The van der Waals surface area contributed by atoms with E-state index in [2.05, 4.69) is 0 Å². The maximum absolute atomic E-state index is 10.4. The van der Waals surface area contributed by atoms with E-state index in [9.17, 15) is 4.79 Å². The first kappa shape index (κ1) is 12.9. The van der Waals surface area contributed by atoms with E-state index in [-0.39, 0.29) is 5.76 Å². The summed E-state index contributed by atoms with van der Waals surface area (Å²) in [6.07, 6.45) is -1.95. The predicted molar refractivity (Wildman–Crippen MR) is 49.6 cm³/mol. The molecule has 0 saturated carbocycles. The van der Waals surface area contributed by atoms with Gasteiger partial charge in [0.1, 0.15) is 18.3 Å². The zero-order valence-electron chi connectivity index (χ0n) is 8.47.